The van der Waals surface area contributed by atoms with E-state index in [4.69, 9.17) is 9.97 Å². The lowest BCUT2D eigenvalue weighted by molar-refractivity contribution is 0.887. The zero-order chi connectivity index (χ0) is 29.0. The van der Waals surface area contributed by atoms with E-state index in [1.165, 1.54) is 49.9 Å². The number of anilines is 1. The molecule has 3 heteroatoms. The first kappa shape index (κ1) is 25.0. The first-order valence-electron chi connectivity index (χ1n) is 15.4. The van der Waals surface area contributed by atoms with Crippen LogP contribution in [0.2, 0.25) is 0 Å². The summed E-state index contributed by atoms with van der Waals surface area (Å²) in [5.41, 5.74) is 13.0. The van der Waals surface area contributed by atoms with Gasteiger partial charge in [0.2, 0.25) is 0 Å². The third kappa shape index (κ3) is 3.97. The van der Waals surface area contributed by atoms with Crippen molar-refractivity contribution in [2.24, 2.45) is 0 Å². The molecule has 1 N–H and O–H groups in total. The molecule has 2 aliphatic carbocycles. The predicted octanol–water partition coefficient (Wildman–Crippen LogP) is 9.93. The molecule has 1 aliphatic heterocycles. The van der Waals surface area contributed by atoms with Gasteiger partial charge in [0, 0.05) is 27.5 Å². The van der Waals surface area contributed by atoms with Crippen molar-refractivity contribution in [3.63, 3.8) is 0 Å². The van der Waals surface area contributed by atoms with E-state index in [0.717, 1.165) is 46.4 Å². The lowest BCUT2D eigenvalue weighted by atomic mass is 9.76. The molecule has 1 atom stereocenters. The first-order chi connectivity index (χ1) is 21.8. The minimum absolute atomic E-state index is 0.102. The average Bonchev–Trinajstić information content (AvgIpc) is 3.10. The Balaban J connectivity index is 1.26. The minimum atomic E-state index is 0.102. The summed E-state index contributed by atoms with van der Waals surface area (Å²) in [4.78, 5) is 10.2. The number of allylic oxidation sites excluding steroid dienone is 3. The summed E-state index contributed by atoms with van der Waals surface area (Å²) >= 11 is 0. The maximum Gasteiger partial charge on any atom is 0.160 e. The average molecular weight is 564 g/mol. The monoisotopic (exact) mass is 563 g/mol. The Morgan fingerprint density at radius 3 is 2.34 bits per heavy atom. The van der Waals surface area contributed by atoms with Crippen molar-refractivity contribution in [3.8, 4) is 22.6 Å². The third-order valence-electron chi connectivity index (χ3n) is 9.17. The zero-order valence-corrected chi connectivity index (χ0v) is 24.2. The summed E-state index contributed by atoms with van der Waals surface area (Å²) in [6.45, 7) is 0. The highest BCUT2D eigenvalue weighted by Crippen LogP contribution is 2.47. The number of aromatic nitrogens is 2. The highest BCUT2D eigenvalue weighted by atomic mass is 14.9. The quantitative estimate of drug-likeness (QED) is 0.233. The molecule has 0 spiro atoms. The van der Waals surface area contributed by atoms with Gasteiger partial charge < -0.3 is 5.32 Å². The van der Waals surface area contributed by atoms with Crippen LogP contribution < -0.4 is 5.32 Å². The van der Waals surface area contributed by atoms with E-state index in [2.05, 4.69) is 133 Å². The van der Waals surface area contributed by atoms with Gasteiger partial charge in [0.15, 0.2) is 5.82 Å². The summed E-state index contributed by atoms with van der Waals surface area (Å²) in [6, 6.07) is 40.8. The van der Waals surface area contributed by atoms with Gasteiger partial charge in [-0.25, -0.2) is 9.97 Å². The molecule has 3 nitrogen and oxygen atoms in total. The van der Waals surface area contributed by atoms with Crippen molar-refractivity contribution in [1.29, 1.82) is 0 Å². The highest BCUT2D eigenvalue weighted by molar-refractivity contribution is 6.05. The van der Waals surface area contributed by atoms with Crippen LogP contribution in [0.4, 0.5) is 5.69 Å². The van der Waals surface area contributed by atoms with E-state index >= 15 is 0 Å². The molecule has 5 aromatic carbocycles. The number of para-hydroxylation sites is 1. The molecule has 3 aliphatic rings. The fourth-order valence-corrected chi connectivity index (χ4v) is 7.09. The molecular formula is C41H29N3. The van der Waals surface area contributed by atoms with Gasteiger partial charge in [0.1, 0.15) is 0 Å². The second kappa shape index (κ2) is 10.0. The summed E-state index contributed by atoms with van der Waals surface area (Å²) < 4.78 is 0. The molecule has 1 unspecified atom stereocenters. The van der Waals surface area contributed by atoms with Gasteiger partial charge in [-0.15, -0.1) is 0 Å². The van der Waals surface area contributed by atoms with Crippen molar-refractivity contribution in [2.45, 2.75) is 18.9 Å². The topological polar surface area (TPSA) is 37.8 Å². The standard InChI is InChI=1S/C41H29N3/c1-2-13-28(14-3-1)38-33-19-8-9-20-36(33)42-41(44-38)30-16-10-15-29(25-30)37-34-23-21-26-11-4-6-17-31(26)39(34)43-40-32-18-7-5-12-27(32)22-24-35(37)40/h1-4,6-11,13-25,40,43H,5,12H2. The number of nitrogens with one attached hydrogen (secondary N) is 1. The molecule has 44 heavy (non-hydrogen) atoms. The van der Waals surface area contributed by atoms with Crippen LogP contribution in [-0.2, 0) is 0 Å². The van der Waals surface area contributed by atoms with Gasteiger partial charge in [-0.05, 0) is 58.2 Å². The fraction of sp³-hybridized carbons (Fsp3) is 0.0732. The number of nitrogens with zero attached hydrogens (tertiary/aromatic N) is 2. The predicted molar refractivity (Wildman–Crippen MR) is 182 cm³/mol. The molecule has 2 heterocycles. The third-order valence-corrected chi connectivity index (χ3v) is 9.17. The molecule has 0 fully saturated rings. The van der Waals surface area contributed by atoms with Crippen molar-refractivity contribution in [2.75, 3.05) is 5.32 Å². The van der Waals surface area contributed by atoms with Crippen LogP contribution in [0.3, 0.4) is 0 Å². The molecule has 0 saturated heterocycles. The molecule has 208 valence electrons. The molecule has 0 amide bonds. The maximum atomic E-state index is 5.18. The van der Waals surface area contributed by atoms with Crippen molar-refractivity contribution < 1.29 is 0 Å². The number of fused-ring (bicyclic) bond motifs is 6. The number of rotatable bonds is 3. The molecule has 0 saturated carbocycles. The van der Waals surface area contributed by atoms with Gasteiger partial charge in [0.05, 0.1) is 22.9 Å². The second-order valence-corrected chi connectivity index (χ2v) is 11.7. The van der Waals surface area contributed by atoms with E-state index in [1.54, 1.807) is 0 Å². The van der Waals surface area contributed by atoms with Crippen molar-refractivity contribution in [3.05, 3.63) is 167 Å². The maximum absolute atomic E-state index is 5.18. The first-order valence-corrected chi connectivity index (χ1v) is 15.4. The summed E-state index contributed by atoms with van der Waals surface area (Å²) in [7, 11) is 0. The van der Waals surface area contributed by atoms with Crippen LogP contribution in [0.25, 0.3) is 49.9 Å². The van der Waals surface area contributed by atoms with E-state index in [-0.39, 0.29) is 6.04 Å². The molecular weight excluding hydrogens is 534 g/mol. The van der Waals surface area contributed by atoms with Gasteiger partial charge in [-0.1, -0.05) is 127 Å². The molecule has 9 rings (SSSR count). The minimum Gasteiger partial charge on any atom is -0.373 e. The Bertz CT molecular complexity index is 2250. The summed E-state index contributed by atoms with van der Waals surface area (Å²) in [6.07, 6.45) is 11.5. The summed E-state index contributed by atoms with van der Waals surface area (Å²) in [5, 5.41) is 7.54. The lowest BCUT2D eigenvalue weighted by Gasteiger charge is -2.36. The number of hydrogen-bond donors (Lipinski definition) is 1. The zero-order valence-electron chi connectivity index (χ0n) is 24.2. The number of hydrogen-bond acceptors (Lipinski definition) is 3. The van der Waals surface area contributed by atoms with E-state index in [9.17, 15) is 0 Å². The molecule has 0 bridgehead atoms. The van der Waals surface area contributed by atoms with Crippen LogP contribution in [-0.4, -0.2) is 16.0 Å². The number of benzene rings is 5. The van der Waals surface area contributed by atoms with E-state index < -0.39 is 0 Å². The molecule has 0 radical (unpaired) electrons. The van der Waals surface area contributed by atoms with Crippen LogP contribution in [0.1, 0.15) is 24.0 Å². The Morgan fingerprint density at radius 1 is 0.614 bits per heavy atom. The van der Waals surface area contributed by atoms with Crippen molar-refractivity contribution >= 4 is 32.9 Å². The van der Waals surface area contributed by atoms with Crippen LogP contribution >= 0.6 is 0 Å². The molecule has 6 aromatic rings. The van der Waals surface area contributed by atoms with Crippen LogP contribution in [0.5, 0.6) is 0 Å². The van der Waals surface area contributed by atoms with Gasteiger partial charge >= 0.3 is 0 Å². The smallest absolute Gasteiger partial charge is 0.160 e. The Morgan fingerprint density at radius 2 is 1.41 bits per heavy atom. The van der Waals surface area contributed by atoms with E-state index in [0.29, 0.717) is 0 Å². The van der Waals surface area contributed by atoms with Crippen LogP contribution in [0.15, 0.2) is 156 Å². The Hall–Kier alpha value is -5.54. The molecule has 1 aromatic heterocycles. The summed E-state index contributed by atoms with van der Waals surface area (Å²) in [5.74, 6) is 0.735. The lowest BCUT2D eigenvalue weighted by Crippen LogP contribution is -2.31. The van der Waals surface area contributed by atoms with Gasteiger partial charge in [0.25, 0.3) is 0 Å². The normalized spacial score (nSPS) is 17.0. The fourth-order valence-electron chi connectivity index (χ4n) is 7.09. The second-order valence-electron chi connectivity index (χ2n) is 11.7. The van der Waals surface area contributed by atoms with Gasteiger partial charge in [-0.3, -0.25) is 0 Å². The van der Waals surface area contributed by atoms with Crippen molar-refractivity contribution in [1.82, 2.24) is 9.97 Å². The van der Waals surface area contributed by atoms with Gasteiger partial charge in [-0.2, -0.15) is 0 Å². The largest absolute Gasteiger partial charge is 0.373 e. The SMILES string of the molecule is C1=CC2=C(C=CC3=C(c4cccc(-c5nc(-c6ccccc6)c6ccccc6n5)c4)c4ccc5ccccc5c4NC23)CC1. The van der Waals surface area contributed by atoms with Crippen LogP contribution in [0, 0.1) is 0 Å². The Kier molecular flexibility index (Phi) is 5.70. The Labute approximate surface area is 256 Å². The highest BCUT2D eigenvalue weighted by Gasteiger charge is 2.32. The van der Waals surface area contributed by atoms with E-state index in [1.807, 2.05) is 12.1 Å².